The molecule has 0 fully saturated rings. The predicted molar refractivity (Wildman–Crippen MR) is 53.4 cm³/mol. The van der Waals surface area contributed by atoms with Crippen molar-refractivity contribution in [1.82, 2.24) is 0 Å². The first kappa shape index (κ1) is 11.3. The summed E-state index contributed by atoms with van der Waals surface area (Å²) in [5, 5.41) is 0. The fourth-order valence-corrected chi connectivity index (χ4v) is 1.79. The first-order chi connectivity index (χ1) is 6.65. The molecule has 0 atom stereocenters. The first-order valence-electron chi connectivity index (χ1n) is 4.01. The fraction of sp³-hybridized carbons (Fsp3) is 0.333. The van der Waals surface area contributed by atoms with Gasteiger partial charge in [-0.2, -0.15) is 0 Å². The highest BCUT2D eigenvalue weighted by molar-refractivity contribution is 7.99. The van der Waals surface area contributed by atoms with Crippen molar-refractivity contribution in [3.8, 4) is 0 Å². The smallest absolute Gasteiger partial charge is 0.141 e. The summed E-state index contributed by atoms with van der Waals surface area (Å²) in [6.45, 7) is 0.452. The zero-order valence-corrected chi connectivity index (χ0v) is 8.54. The standard InChI is InChI=1S/C9H11F2NOS/c1-13-2-3-14-9-7(10)4-6(12)5-8(9)11/h4-5H,2-3,12H2,1H3. The average molecular weight is 219 g/mol. The van der Waals surface area contributed by atoms with Gasteiger partial charge in [0.05, 0.1) is 11.5 Å². The number of hydrogen-bond donors (Lipinski definition) is 1. The van der Waals surface area contributed by atoms with E-state index in [0.29, 0.717) is 12.4 Å². The molecule has 0 amide bonds. The molecular weight excluding hydrogens is 208 g/mol. The van der Waals surface area contributed by atoms with Crippen LogP contribution in [0.5, 0.6) is 0 Å². The minimum Gasteiger partial charge on any atom is -0.399 e. The van der Waals surface area contributed by atoms with Crippen molar-refractivity contribution in [1.29, 1.82) is 0 Å². The summed E-state index contributed by atoms with van der Waals surface area (Å²) in [7, 11) is 1.54. The number of rotatable bonds is 4. The van der Waals surface area contributed by atoms with Crippen LogP contribution in [0.15, 0.2) is 17.0 Å². The van der Waals surface area contributed by atoms with E-state index in [1.807, 2.05) is 0 Å². The maximum atomic E-state index is 13.2. The van der Waals surface area contributed by atoms with Crippen molar-refractivity contribution in [3.63, 3.8) is 0 Å². The Morgan fingerprint density at radius 2 is 1.93 bits per heavy atom. The van der Waals surface area contributed by atoms with Crippen molar-refractivity contribution < 1.29 is 13.5 Å². The molecule has 0 heterocycles. The Labute approximate surface area is 85.4 Å². The van der Waals surface area contributed by atoms with Crippen LogP contribution < -0.4 is 5.73 Å². The molecule has 14 heavy (non-hydrogen) atoms. The third-order valence-corrected chi connectivity index (χ3v) is 2.60. The molecule has 2 nitrogen and oxygen atoms in total. The summed E-state index contributed by atoms with van der Waals surface area (Å²) in [6.07, 6.45) is 0. The summed E-state index contributed by atoms with van der Waals surface area (Å²) in [5.41, 5.74) is 5.36. The second kappa shape index (κ2) is 5.17. The molecule has 0 aliphatic carbocycles. The Bertz CT molecular complexity index is 297. The van der Waals surface area contributed by atoms with E-state index in [9.17, 15) is 8.78 Å². The molecule has 1 aromatic rings. The van der Waals surface area contributed by atoms with Crippen LogP contribution in [0.2, 0.25) is 0 Å². The van der Waals surface area contributed by atoms with Crippen LogP contribution >= 0.6 is 11.8 Å². The third-order valence-electron chi connectivity index (χ3n) is 1.55. The first-order valence-corrected chi connectivity index (χ1v) is 5.00. The van der Waals surface area contributed by atoms with Gasteiger partial charge >= 0.3 is 0 Å². The quantitative estimate of drug-likeness (QED) is 0.479. The van der Waals surface area contributed by atoms with Gasteiger partial charge in [-0.15, -0.1) is 11.8 Å². The largest absolute Gasteiger partial charge is 0.399 e. The molecular formula is C9H11F2NOS. The van der Waals surface area contributed by atoms with Gasteiger partial charge in [-0.05, 0) is 12.1 Å². The highest BCUT2D eigenvalue weighted by atomic mass is 32.2. The van der Waals surface area contributed by atoms with E-state index in [-0.39, 0.29) is 10.6 Å². The topological polar surface area (TPSA) is 35.2 Å². The van der Waals surface area contributed by atoms with Gasteiger partial charge in [0.15, 0.2) is 0 Å². The van der Waals surface area contributed by atoms with Crippen LogP contribution in [0.1, 0.15) is 0 Å². The number of halogens is 2. The second-order valence-electron chi connectivity index (χ2n) is 2.65. The molecule has 5 heteroatoms. The minimum atomic E-state index is -0.622. The van der Waals surface area contributed by atoms with E-state index in [1.165, 1.54) is 7.11 Å². The number of methoxy groups -OCH3 is 1. The summed E-state index contributed by atoms with van der Waals surface area (Å²) in [6, 6.07) is 2.22. The normalized spacial score (nSPS) is 10.5. The number of benzene rings is 1. The van der Waals surface area contributed by atoms with E-state index in [4.69, 9.17) is 10.5 Å². The molecule has 1 rings (SSSR count). The monoisotopic (exact) mass is 219 g/mol. The summed E-state index contributed by atoms with van der Waals surface area (Å²) >= 11 is 1.08. The van der Waals surface area contributed by atoms with Gasteiger partial charge in [-0.25, -0.2) is 8.78 Å². The van der Waals surface area contributed by atoms with E-state index in [1.54, 1.807) is 0 Å². The lowest BCUT2D eigenvalue weighted by atomic mass is 10.3. The van der Waals surface area contributed by atoms with Gasteiger partial charge < -0.3 is 10.5 Å². The molecule has 0 radical (unpaired) electrons. The van der Waals surface area contributed by atoms with Crippen LogP contribution in [-0.2, 0) is 4.74 Å². The molecule has 0 aromatic heterocycles. The SMILES string of the molecule is COCCSc1c(F)cc(N)cc1F. The van der Waals surface area contributed by atoms with Crippen LogP contribution in [0.3, 0.4) is 0 Å². The average Bonchev–Trinajstić information content (AvgIpc) is 2.09. The van der Waals surface area contributed by atoms with Gasteiger partial charge in [0.25, 0.3) is 0 Å². The molecule has 0 unspecified atom stereocenters. The van der Waals surface area contributed by atoms with Crippen molar-refractivity contribution >= 4 is 17.4 Å². The molecule has 0 saturated heterocycles. The zero-order valence-electron chi connectivity index (χ0n) is 7.72. The summed E-state index contributed by atoms with van der Waals surface area (Å²) in [4.78, 5) is -0.00347. The number of anilines is 1. The lowest BCUT2D eigenvalue weighted by Crippen LogP contribution is -1.96. The van der Waals surface area contributed by atoms with Crippen LogP contribution in [0.25, 0.3) is 0 Å². The molecule has 1 aromatic carbocycles. The van der Waals surface area contributed by atoms with Crippen molar-refractivity contribution in [2.75, 3.05) is 25.2 Å². The van der Waals surface area contributed by atoms with Crippen LogP contribution in [-0.4, -0.2) is 19.5 Å². The van der Waals surface area contributed by atoms with Gasteiger partial charge in [0.2, 0.25) is 0 Å². The minimum absolute atomic E-state index is 0.00347. The zero-order chi connectivity index (χ0) is 10.6. The molecule has 0 bridgehead atoms. The Morgan fingerprint density at radius 1 is 1.36 bits per heavy atom. The Balaban J connectivity index is 2.75. The van der Waals surface area contributed by atoms with Gasteiger partial charge in [-0.1, -0.05) is 0 Å². The molecule has 78 valence electrons. The number of nitrogen functional groups attached to an aromatic ring is 1. The molecule has 0 spiro atoms. The lowest BCUT2D eigenvalue weighted by Gasteiger charge is -2.05. The van der Waals surface area contributed by atoms with Gasteiger partial charge in [0, 0.05) is 18.6 Å². The van der Waals surface area contributed by atoms with Gasteiger partial charge in [0.1, 0.15) is 11.6 Å². The highest BCUT2D eigenvalue weighted by Gasteiger charge is 2.10. The Morgan fingerprint density at radius 3 is 2.43 bits per heavy atom. The predicted octanol–water partition coefficient (Wildman–Crippen LogP) is 2.29. The van der Waals surface area contributed by atoms with Crippen molar-refractivity contribution in [3.05, 3.63) is 23.8 Å². The van der Waals surface area contributed by atoms with E-state index < -0.39 is 11.6 Å². The van der Waals surface area contributed by atoms with Crippen molar-refractivity contribution in [2.24, 2.45) is 0 Å². The fourth-order valence-electron chi connectivity index (χ4n) is 0.944. The number of hydrogen-bond acceptors (Lipinski definition) is 3. The Kier molecular flexibility index (Phi) is 4.16. The van der Waals surface area contributed by atoms with E-state index >= 15 is 0 Å². The second-order valence-corrected chi connectivity index (χ2v) is 3.76. The van der Waals surface area contributed by atoms with Crippen LogP contribution in [0, 0.1) is 11.6 Å². The maximum absolute atomic E-state index is 13.2. The maximum Gasteiger partial charge on any atom is 0.141 e. The van der Waals surface area contributed by atoms with Gasteiger partial charge in [-0.3, -0.25) is 0 Å². The lowest BCUT2D eigenvalue weighted by molar-refractivity contribution is 0.218. The summed E-state index contributed by atoms with van der Waals surface area (Å²) < 4.78 is 31.1. The molecule has 0 saturated carbocycles. The summed E-state index contributed by atoms with van der Waals surface area (Å²) in [5.74, 6) is -0.735. The van der Waals surface area contributed by atoms with E-state index in [2.05, 4.69) is 0 Å². The molecule has 0 aliphatic rings. The van der Waals surface area contributed by atoms with E-state index in [0.717, 1.165) is 23.9 Å². The van der Waals surface area contributed by atoms with Crippen LogP contribution in [0.4, 0.5) is 14.5 Å². The third kappa shape index (κ3) is 2.85. The Hall–Kier alpha value is -0.810. The molecule has 0 aliphatic heterocycles. The highest BCUT2D eigenvalue weighted by Crippen LogP contribution is 2.26. The molecule has 2 N–H and O–H groups in total. The number of nitrogens with two attached hydrogens (primary N) is 1. The van der Waals surface area contributed by atoms with Crippen molar-refractivity contribution in [2.45, 2.75) is 4.90 Å². The number of ether oxygens (including phenoxy) is 1. The number of thioether (sulfide) groups is 1.